The van der Waals surface area contributed by atoms with Crippen LogP contribution in [0.3, 0.4) is 0 Å². The zero-order valence-corrected chi connectivity index (χ0v) is 35.5. The molecular formula is C51H58N2O6. The normalized spacial score (nSPS) is 10.9. The zero-order valence-electron chi connectivity index (χ0n) is 35.5. The van der Waals surface area contributed by atoms with E-state index in [0.29, 0.717) is 51.1 Å². The first-order valence-corrected chi connectivity index (χ1v) is 21.2. The molecule has 0 aliphatic rings. The third-order valence-electron chi connectivity index (χ3n) is 9.69. The lowest BCUT2D eigenvalue weighted by molar-refractivity contribution is 0.309. The van der Waals surface area contributed by atoms with Crippen molar-refractivity contribution < 1.29 is 28.4 Å². The molecule has 0 saturated heterocycles. The minimum Gasteiger partial charge on any atom is -0.494 e. The van der Waals surface area contributed by atoms with E-state index in [2.05, 4.69) is 79.4 Å². The maximum atomic E-state index is 6.18. The lowest BCUT2D eigenvalue weighted by atomic mass is 9.98. The third-order valence-corrected chi connectivity index (χ3v) is 9.69. The predicted molar refractivity (Wildman–Crippen MR) is 241 cm³/mol. The topological polar surface area (TPSA) is 71.5 Å². The van der Waals surface area contributed by atoms with Gasteiger partial charge in [-0.25, -0.2) is 4.98 Å². The van der Waals surface area contributed by atoms with Gasteiger partial charge < -0.3 is 33.3 Å². The van der Waals surface area contributed by atoms with Gasteiger partial charge in [-0.3, -0.25) is 0 Å². The van der Waals surface area contributed by atoms with Gasteiger partial charge >= 0.3 is 0 Å². The molecule has 0 aliphatic heterocycles. The Hall–Kier alpha value is -6.15. The van der Waals surface area contributed by atoms with Crippen LogP contribution in [0.15, 0.2) is 121 Å². The Bertz CT molecular complexity index is 2070. The number of unbranched alkanes of at least 4 members (excludes halogenated alkanes) is 2. The van der Waals surface area contributed by atoms with Crippen molar-refractivity contribution in [3.05, 3.63) is 121 Å². The highest BCUT2D eigenvalue weighted by Crippen LogP contribution is 2.41. The quantitative estimate of drug-likeness (QED) is 0.0629. The maximum absolute atomic E-state index is 6.18. The van der Waals surface area contributed by atoms with E-state index in [1.165, 1.54) is 0 Å². The average molecular weight is 795 g/mol. The van der Waals surface area contributed by atoms with Crippen LogP contribution in [0, 0.1) is 0 Å². The van der Waals surface area contributed by atoms with Gasteiger partial charge in [-0.2, -0.15) is 0 Å². The van der Waals surface area contributed by atoms with Crippen LogP contribution < -0.4 is 33.3 Å². The van der Waals surface area contributed by atoms with Gasteiger partial charge in [-0.1, -0.05) is 38.8 Å². The van der Waals surface area contributed by atoms with Gasteiger partial charge in [-0.15, -0.1) is 0 Å². The molecule has 6 rings (SSSR count). The summed E-state index contributed by atoms with van der Waals surface area (Å²) < 4.78 is 36.1. The van der Waals surface area contributed by atoms with Gasteiger partial charge in [0.15, 0.2) is 0 Å². The number of nitrogens with zero attached hydrogens (tertiary/aromatic N) is 2. The molecule has 0 amide bonds. The second kappa shape index (κ2) is 21.6. The summed E-state index contributed by atoms with van der Waals surface area (Å²) >= 11 is 0. The summed E-state index contributed by atoms with van der Waals surface area (Å²) in [5, 5.41) is 0. The fourth-order valence-electron chi connectivity index (χ4n) is 6.77. The van der Waals surface area contributed by atoms with Crippen LogP contribution in [-0.2, 0) is 0 Å². The Balaban J connectivity index is 1.44. The van der Waals surface area contributed by atoms with Gasteiger partial charge in [-0.05, 0) is 149 Å². The first-order chi connectivity index (χ1) is 29.0. The molecular weight excluding hydrogens is 737 g/mol. The molecule has 0 radical (unpaired) electrons. The molecule has 8 nitrogen and oxygen atoms in total. The molecule has 1 heterocycles. The van der Waals surface area contributed by atoms with Gasteiger partial charge in [0.1, 0.15) is 34.5 Å². The van der Waals surface area contributed by atoms with Crippen LogP contribution >= 0.6 is 0 Å². The van der Waals surface area contributed by atoms with E-state index in [0.717, 1.165) is 99.4 Å². The van der Waals surface area contributed by atoms with Crippen LogP contribution in [0.2, 0.25) is 0 Å². The molecule has 0 saturated carbocycles. The van der Waals surface area contributed by atoms with Crippen LogP contribution in [0.5, 0.6) is 34.5 Å². The van der Waals surface area contributed by atoms with Crippen molar-refractivity contribution in [1.29, 1.82) is 0 Å². The van der Waals surface area contributed by atoms with Crippen molar-refractivity contribution >= 4 is 17.1 Å². The van der Waals surface area contributed by atoms with Crippen molar-refractivity contribution in [1.82, 2.24) is 4.98 Å². The standard InChI is InChI=1S/C51H58N2O6/c1-7-13-31-58-42-23-19-40(20-24-42)53(41-21-25-43(26-22-41)59-32-14-8-2)39-17-15-37(16-18-39)38-33-48(46-29-27-44(54-9-3)35-50(46)56-11-5)52-49(34-38)47-30-28-45(55-10-4)36-51(47)57-12-6/h15-30,33-36H,7-14,31-32H2,1-6H3. The molecule has 5 aromatic carbocycles. The minimum absolute atomic E-state index is 0.504. The summed E-state index contributed by atoms with van der Waals surface area (Å²) in [6, 6.07) is 41.4. The highest BCUT2D eigenvalue weighted by molar-refractivity contribution is 5.83. The van der Waals surface area contributed by atoms with Crippen molar-refractivity contribution in [3.8, 4) is 68.1 Å². The molecule has 0 spiro atoms. The first kappa shape index (κ1) is 42.5. The Kier molecular flexibility index (Phi) is 15.5. The summed E-state index contributed by atoms with van der Waals surface area (Å²) in [4.78, 5) is 7.50. The fourth-order valence-corrected chi connectivity index (χ4v) is 6.77. The van der Waals surface area contributed by atoms with Crippen LogP contribution in [0.25, 0.3) is 33.6 Å². The van der Waals surface area contributed by atoms with E-state index in [-0.39, 0.29) is 0 Å². The SMILES string of the molecule is CCCCOc1ccc(N(c2ccc(OCCCC)cc2)c2ccc(-c3cc(-c4ccc(OCC)cc4OCC)nc(-c4ccc(OCC)cc4OCC)c3)cc2)cc1. The summed E-state index contributed by atoms with van der Waals surface area (Å²) in [5.41, 5.74) is 8.37. The van der Waals surface area contributed by atoms with Crippen LogP contribution in [0.1, 0.15) is 67.2 Å². The molecule has 1 aromatic heterocycles. The Labute approximate surface area is 350 Å². The third kappa shape index (κ3) is 11.1. The Morgan fingerprint density at radius 3 is 1.17 bits per heavy atom. The van der Waals surface area contributed by atoms with E-state index < -0.39 is 0 Å². The number of pyridine rings is 1. The van der Waals surface area contributed by atoms with E-state index in [4.69, 9.17) is 33.4 Å². The van der Waals surface area contributed by atoms with Gasteiger partial charge in [0.25, 0.3) is 0 Å². The minimum atomic E-state index is 0.504. The van der Waals surface area contributed by atoms with E-state index >= 15 is 0 Å². The lowest BCUT2D eigenvalue weighted by Gasteiger charge is -2.26. The number of hydrogen-bond donors (Lipinski definition) is 0. The second-order valence-corrected chi connectivity index (χ2v) is 13.9. The molecule has 308 valence electrons. The zero-order chi connectivity index (χ0) is 41.4. The second-order valence-electron chi connectivity index (χ2n) is 13.9. The molecule has 0 fully saturated rings. The molecule has 6 aromatic rings. The highest BCUT2D eigenvalue weighted by atomic mass is 16.5. The number of ether oxygens (including phenoxy) is 6. The molecule has 0 atom stereocenters. The van der Waals surface area contributed by atoms with Crippen molar-refractivity contribution in [2.24, 2.45) is 0 Å². The van der Waals surface area contributed by atoms with E-state index in [1.807, 2.05) is 88.4 Å². The summed E-state index contributed by atoms with van der Waals surface area (Å²) in [5.74, 6) is 4.64. The number of rotatable bonds is 22. The fraction of sp³-hybridized carbons (Fsp3) is 0.314. The van der Waals surface area contributed by atoms with E-state index in [9.17, 15) is 0 Å². The summed E-state index contributed by atoms with van der Waals surface area (Å²) in [6.45, 7) is 15.8. The smallest absolute Gasteiger partial charge is 0.132 e. The molecule has 8 heteroatoms. The molecule has 0 N–H and O–H groups in total. The molecule has 0 bridgehead atoms. The number of anilines is 3. The summed E-state index contributed by atoms with van der Waals surface area (Å²) in [6.07, 6.45) is 4.23. The van der Waals surface area contributed by atoms with Gasteiger partial charge in [0, 0.05) is 40.3 Å². The summed E-state index contributed by atoms with van der Waals surface area (Å²) in [7, 11) is 0. The maximum Gasteiger partial charge on any atom is 0.132 e. The molecule has 0 unspecified atom stereocenters. The van der Waals surface area contributed by atoms with Crippen LogP contribution in [0.4, 0.5) is 17.1 Å². The van der Waals surface area contributed by atoms with E-state index in [1.54, 1.807) is 0 Å². The lowest BCUT2D eigenvalue weighted by Crippen LogP contribution is -2.10. The average Bonchev–Trinajstić information content (AvgIpc) is 3.26. The van der Waals surface area contributed by atoms with Gasteiger partial charge in [0.2, 0.25) is 0 Å². The molecule has 0 aliphatic carbocycles. The molecule has 59 heavy (non-hydrogen) atoms. The monoisotopic (exact) mass is 794 g/mol. The van der Waals surface area contributed by atoms with Gasteiger partial charge in [0.05, 0.1) is 51.0 Å². The number of aromatic nitrogens is 1. The van der Waals surface area contributed by atoms with Crippen molar-refractivity contribution in [2.75, 3.05) is 44.5 Å². The Morgan fingerprint density at radius 1 is 0.390 bits per heavy atom. The number of benzene rings is 5. The van der Waals surface area contributed by atoms with Crippen molar-refractivity contribution in [3.63, 3.8) is 0 Å². The largest absolute Gasteiger partial charge is 0.494 e. The van der Waals surface area contributed by atoms with Crippen LogP contribution in [-0.4, -0.2) is 44.6 Å². The highest BCUT2D eigenvalue weighted by Gasteiger charge is 2.18. The van der Waals surface area contributed by atoms with Crippen molar-refractivity contribution in [2.45, 2.75) is 67.2 Å². The first-order valence-electron chi connectivity index (χ1n) is 21.2. The Morgan fingerprint density at radius 2 is 0.780 bits per heavy atom. The number of hydrogen-bond acceptors (Lipinski definition) is 8. The predicted octanol–water partition coefficient (Wildman–Crippen LogP) is 13.5.